The Hall–Kier alpha value is -4.02. The lowest BCUT2D eigenvalue weighted by Crippen LogP contribution is -2.71. The van der Waals surface area contributed by atoms with Crippen LogP contribution in [0.15, 0.2) is 47.3 Å². The first-order valence-electron chi connectivity index (χ1n) is 11.8. The van der Waals surface area contributed by atoms with Crippen LogP contribution in [0.2, 0.25) is 0 Å². The van der Waals surface area contributed by atoms with Gasteiger partial charge in [-0.3, -0.25) is 19.3 Å². The Morgan fingerprint density at radius 2 is 2.03 bits per heavy atom. The van der Waals surface area contributed by atoms with E-state index in [1.807, 2.05) is 6.07 Å². The molecule has 2 aliphatic rings. The van der Waals surface area contributed by atoms with E-state index in [0.29, 0.717) is 12.0 Å². The summed E-state index contributed by atoms with van der Waals surface area (Å²) in [6.07, 6.45) is 1.84. The lowest BCUT2D eigenvalue weighted by atomic mass is 10.0. The number of amides is 3. The molecule has 206 valence electrons. The summed E-state index contributed by atoms with van der Waals surface area (Å²) in [6, 6.07) is 7.16. The van der Waals surface area contributed by atoms with Gasteiger partial charge in [-0.25, -0.2) is 4.79 Å². The van der Waals surface area contributed by atoms with E-state index in [-0.39, 0.29) is 46.7 Å². The van der Waals surface area contributed by atoms with Crippen LogP contribution in [0.5, 0.6) is 0 Å². The first-order valence-corrected chi connectivity index (χ1v) is 13.5. The molecule has 0 bridgehead atoms. The monoisotopic (exact) mass is 574 g/mol. The highest BCUT2D eigenvalue weighted by Crippen LogP contribution is 2.40. The number of β-lactam (4-membered cyclic amide) rings is 1. The molecule has 16 heteroatoms. The fourth-order valence-corrected chi connectivity index (χ4v) is 5.60. The molecular formula is C23H26N8O6S2. The number of hydrogen-bond donors (Lipinski definition) is 5. The fourth-order valence-electron chi connectivity index (χ4n) is 3.83. The van der Waals surface area contributed by atoms with E-state index < -0.39 is 35.2 Å². The average molecular weight is 575 g/mol. The number of nitrogens with one attached hydrogen (secondary N) is 2. The molecule has 1 aromatic carbocycles. The van der Waals surface area contributed by atoms with Crippen molar-refractivity contribution in [1.29, 1.82) is 0 Å². The smallest absolute Gasteiger partial charge is 0.352 e. The van der Waals surface area contributed by atoms with Crippen LogP contribution < -0.4 is 22.1 Å². The van der Waals surface area contributed by atoms with Crippen LogP contribution in [-0.4, -0.2) is 78.6 Å². The number of fused-ring (bicyclic) bond motifs is 1. The van der Waals surface area contributed by atoms with Gasteiger partial charge in [-0.15, -0.1) is 11.8 Å². The maximum atomic E-state index is 13.1. The van der Waals surface area contributed by atoms with E-state index in [2.05, 4.69) is 25.1 Å². The van der Waals surface area contributed by atoms with Crippen molar-refractivity contribution in [3.05, 3.63) is 53.5 Å². The van der Waals surface area contributed by atoms with Crippen LogP contribution in [0, 0.1) is 0 Å². The quantitative estimate of drug-likeness (QED) is 0.103. The number of nitrogens with two attached hydrogens (primary N) is 2. The topological polar surface area (TPSA) is 215 Å². The number of thioether (sulfide) groups is 1. The minimum absolute atomic E-state index is 0.0378. The largest absolute Gasteiger partial charge is 0.477 e. The highest BCUT2D eigenvalue weighted by atomic mass is 32.2. The lowest BCUT2D eigenvalue weighted by molar-refractivity contribution is -0.150. The number of carboxylic acids is 1. The number of carboxylic acid groups (broad SMARTS) is 1. The molecule has 1 aromatic heterocycles. The number of nitrogens with zero attached hydrogens (tertiary/aromatic N) is 4. The van der Waals surface area contributed by atoms with Crippen LogP contribution in [0.3, 0.4) is 0 Å². The number of oxime groups is 1. The zero-order valence-electron chi connectivity index (χ0n) is 20.6. The van der Waals surface area contributed by atoms with Crippen molar-refractivity contribution >= 4 is 57.8 Å². The van der Waals surface area contributed by atoms with Gasteiger partial charge in [-0.05, 0) is 18.6 Å². The lowest BCUT2D eigenvalue weighted by Gasteiger charge is -2.49. The van der Waals surface area contributed by atoms with E-state index in [4.69, 9.17) is 16.3 Å². The molecule has 3 heterocycles. The molecule has 0 radical (unpaired) electrons. The predicted molar refractivity (Wildman–Crippen MR) is 143 cm³/mol. The standard InChI is InChI=1S/C23H26N8O6S2/c1-11-10-13(22(35)36)31-20(34)16(21(31)38-11)27-19(33)15(17-28-23(25)39-30-17)29-37-9-5-8-26-18(32)14(24)12-6-3-2-4-7-12/h2-4,6-7,10-11,14,16,21H,5,8-9,24H2,1H3,(H,26,32)(H,27,33)(H,35,36)(H2,25,28,30)/t11?,14-,16?,21-/m1/s1. The maximum Gasteiger partial charge on any atom is 0.352 e. The molecule has 2 aromatic rings. The predicted octanol–water partition coefficient (Wildman–Crippen LogP) is -0.196. The van der Waals surface area contributed by atoms with Crippen LogP contribution in [0.1, 0.15) is 30.8 Å². The van der Waals surface area contributed by atoms with Crippen LogP contribution in [-0.2, 0) is 24.0 Å². The summed E-state index contributed by atoms with van der Waals surface area (Å²) < 4.78 is 4.00. The fraction of sp³-hybridized carbons (Fsp3) is 0.348. The number of aliphatic carboxylic acids is 1. The van der Waals surface area contributed by atoms with Crippen molar-refractivity contribution in [2.45, 2.75) is 36.1 Å². The zero-order valence-corrected chi connectivity index (χ0v) is 22.3. The molecular weight excluding hydrogens is 548 g/mol. The number of carbonyl (C=O) groups excluding carboxylic acids is 3. The molecule has 0 saturated carbocycles. The number of anilines is 1. The molecule has 4 rings (SSSR count). The van der Waals surface area contributed by atoms with Crippen LogP contribution in [0.25, 0.3) is 0 Å². The molecule has 0 spiro atoms. The number of benzene rings is 1. The molecule has 1 fully saturated rings. The van der Waals surface area contributed by atoms with Crippen molar-refractivity contribution in [2.24, 2.45) is 10.9 Å². The molecule has 2 unspecified atom stereocenters. The van der Waals surface area contributed by atoms with E-state index in [1.54, 1.807) is 31.2 Å². The number of hydrogen-bond acceptors (Lipinski definition) is 12. The summed E-state index contributed by atoms with van der Waals surface area (Å²) in [7, 11) is 0. The number of aromatic nitrogens is 2. The molecule has 3 amide bonds. The van der Waals surface area contributed by atoms with Gasteiger partial charge >= 0.3 is 5.97 Å². The van der Waals surface area contributed by atoms with Gasteiger partial charge < -0.3 is 32.0 Å². The van der Waals surface area contributed by atoms with Gasteiger partial charge in [0.2, 0.25) is 17.4 Å². The highest BCUT2D eigenvalue weighted by Gasteiger charge is 2.54. The van der Waals surface area contributed by atoms with E-state index in [1.165, 1.54) is 17.8 Å². The Bertz CT molecular complexity index is 1320. The summed E-state index contributed by atoms with van der Waals surface area (Å²) in [5.41, 5.74) is 11.9. The van der Waals surface area contributed by atoms with Crippen molar-refractivity contribution in [2.75, 3.05) is 18.9 Å². The Balaban J connectivity index is 1.33. The van der Waals surface area contributed by atoms with Crippen LogP contribution in [0.4, 0.5) is 5.13 Å². The molecule has 4 atom stereocenters. The minimum Gasteiger partial charge on any atom is -0.477 e. The molecule has 1 saturated heterocycles. The second-order valence-corrected chi connectivity index (χ2v) is 10.8. The van der Waals surface area contributed by atoms with Gasteiger partial charge in [0.15, 0.2) is 5.13 Å². The van der Waals surface area contributed by atoms with Gasteiger partial charge in [-0.2, -0.15) is 9.36 Å². The van der Waals surface area contributed by atoms with Crippen molar-refractivity contribution in [3.8, 4) is 0 Å². The Labute approximate surface area is 231 Å². The van der Waals surface area contributed by atoms with E-state index in [9.17, 15) is 24.3 Å². The Morgan fingerprint density at radius 3 is 2.69 bits per heavy atom. The van der Waals surface area contributed by atoms with Gasteiger partial charge in [0.1, 0.15) is 29.8 Å². The zero-order chi connectivity index (χ0) is 28.1. The molecule has 14 nitrogen and oxygen atoms in total. The highest BCUT2D eigenvalue weighted by molar-refractivity contribution is 8.00. The summed E-state index contributed by atoms with van der Waals surface area (Å²) >= 11 is 2.19. The summed E-state index contributed by atoms with van der Waals surface area (Å²) in [5, 5.41) is 17.9. The number of carbonyl (C=O) groups is 4. The normalized spacial score (nSPS) is 21.2. The molecule has 2 aliphatic heterocycles. The minimum atomic E-state index is -1.22. The van der Waals surface area contributed by atoms with Crippen molar-refractivity contribution in [1.82, 2.24) is 24.9 Å². The van der Waals surface area contributed by atoms with E-state index >= 15 is 0 Å². The SMILES string of the molecule is CC1C=C(C(=O)O)N2C(=O)C(NC(=O)C(=NOCCCNC(=O)[C@H](N)c3ccccc3)c3nsc(N)n3)[C@H]2S1. The third-order valence-corrected chi connectivity index (χ3v) is 7.60. The van der Waals surface area contributed by atoms with Gasteiger partial charge in [0.05, 0.1) is 0 Å². The third kappa shape index (κ3) is 6.35. The first-order chi connectivity index (χ1) is 18.7. The number of rotatable bonds is 11. The van der Waals surface area contributed by atoms with Gasteiger partial charge in [-0.1, -0.05) is 35.5 Å². The van der Waals surface area contributed by atoms with Crippen molar-refractivity contribution < 1.29 is 29.1 Å². The first kappa shape index (κ1) is 28.0. The Kier molecular flexibility index (Phi) is 8.78. The van der Waals surface area contributed by atoms with Gasteiger partial charge in [0, 0.05) is 29.7 Å². The van der Waals surface area contributed by atoms with Crippen molar-refractivity contribution in [3.63, 3.8) is 0 Å². The second-order valence-electron chi connectivity index (χ2n) is 8.51. The average Bonchev–Trinajstić information content (AvgIpc) is 3.35. The number of nitrogen functional groups attached to an aromatic ring is 1. The molecule has 39 heavy (non-hydrogen) atoms. The van der Waals surface area contributed by atoms with Crippen LogP contribution >= 0.6 is 23.3 Å². The summed E-state index contributed by atoms with van der Waals surface area (Å²) in [6.45, 7) is 2.09. The molecule has 0 aliphatic carbocycles. The molecule has 7 N–H and O–H groups in total. The maximum absolute atomic E-state index is 13.1. The van der Waals surface area contributed by atoms with Gasteiger partial charge in [0.25, 0.3) is 11.8 Å². The summed E-state index contributed by atoms with van der Waals surface area (Å²) in [5.74, 6) is -3.00. The Morgan fingerprint density at radius 1 is 1.28 bits per heavy atom. The summed E-state index contributed by atoms with van der Waals surface area (Å²) in [4.78, 5) is 59.9. The van der Waals surface area contributed by atoms with E-state index in [0.717, 1.165) is 16.4 Å². The third-order valence-electron chi connectivity index (χ3n) is 5.73. The second kappa shape index (κ2) is 12.2.